The van der Waals surface area contributed by atoms with Crippen LogP contribution in [0, 0.1) is 5.82 Å². The van der Waals surface area contributed by atoms with Gasteiger partial charge in [-0.15, -0.1) is 0 Å². The first-order valence-corrected chi connectivity index (χ1v) is 11.0. The topological polar surface area (TPSA) is 86.3 Å². The number of rotatable bonds is 3. The molecule has 1 spiro atoms. The lowest BCUT2D eigenvalue weighted by atomic mass is 9.84. The Morgan fingerprint density at radius 3 is 2.61 bits per heavy atom. The van der Waals surface area contributed by atoms with Crippen molar-refractivity contribution in [2.75, 3.05) is 25.4 Å². The van der Waals surface area contributed by atoms with Gasteiger partial charge in [-0.3, -0.25) is 4.79 Å². The minimum Gasteiger partial charge on any atom is -0.383 e. The van der Waals surface area contributed by atoms with Crippen LogP contribution in [0.2, 0.25) is 0 Å². The molecule has 3 aromatic rings. The number of piperidine rings is 1. The van der Waals surface area contributed by atoms with Crippen molar-refractivity contribution in [2.45, 2.75) is 24.9 Å². The molecule has 2 aromatic heterocycles. The molecule has 170 valence electrons. The van der Waals surface area contributed by atoms with Gasteiger partial charge in [0.05, 0.1) is 23.3 Å². The lowest BCUT2D eigenvalue weighted by Crippen LogP contribution is -2.48. The van der Waals surface area contributed by atoms with Crippen LogP contribution in [0.5, 0.6) is 0 Å². The Morgan fingerprint density at radius 2 is 1.97 bits per heavy atom. The van der Waals surface area contributed by atoms with Crippen molar-refractivity contribution in [3.63, 3.8) is 0 Å². The summed E-state index contributed by atoms with van der Waals surface area (Å²) in [4.78, 5) is 22.4. The van der Waals surface area contributed by atoms with E-state index in [0.717, 1.165) is 47.0 Å². The highest BCUT2D eigenvalue weighted by molar-refractivity contribution is 6.06. The van der Waals surface area contributed by atoms with Gasteiger partial charge in [-0.1, -0.05) is 24.8 Å². The smallest absolute Gasteiger partial charge is 0.245 e. The fraction of sp³-hybridized carbons (Fsp3) is 0.320. The molecule has 0 unspecified atom stereocenters. The third kappa shape index (κ3) is 3.60. The number of carbonyl (C=O) groups excluding carboxylic acids is 1. The van der Waals surface area contributed by atoms with Gasteiger partial charge in [0.25, 0.3) is 0 Å². The maximum Gasteiger partial charge on any atom is 0.245 e. The van der Waals surface area contributed by atoms with Gasteiger partial charge in [-0.25, -0.2) is 14.4 Å². The number of hydrogen-bond acceptors (Lipinski definition) is 5. The predicted molar refractivity (Wildman–Crippen MR) is 126 cm³/mol. The second-order valence-electron chi connectivity index (χ2n) is 8.68. The first kappa shape index (κ1) is 21.3. The quantitative estimate of drug-likeness (QED) is 0.619. The van der Waals surface area contributed by atoms with Crippen LogP contribution in [0.1, 0.15) is 25.0 Å². The molecule has 0 aliphatic carbocycles. The van der Waals surface area contributed by atoms with Gasteiger partial charge in [-0.2, -0.15) is 0 Å². The molecule has 33 heavy (non-hydrogen) atoms. The predicted octanol–water partition coefficient (Wildman–Crippen LogP) is 3.71. The number of nitrogens with zero attached hydrogens (tertiary/aromatic N) is 4. The number of anilines is 1. The summed E-state index contributed by atoms with van der Waals surface area (Å²) < 4.78 is 22.1. The van der Waals surface area contributed by atoms with Gasteiger partial charge in [0.2, 0.25) is 5.91 Å². The highest BCUT2D eigenvalue weighted by Gasteiger charge is 2.38. The fourth-order valence-corrected chi connectivity index (χ4v) is 4.98. The lowest BCUT2D eigenvalue weighted by Gasteiger charge is -2.43. The summed E-state index contributed by atoms with van der Waals surface area (Å²) in [6.07, 6.45) is 7.37. The molecule has 4 heterocycles. The summed E-state index contributed by atoms with van der Waals surface area (Å²) in [6.45, 7) is 5.34. The zero-order valence-corrected chi connectivity index (χ0v) is 18.6. The summed E-state index contributed by atoms with van der Waals surface area (Å²) >= 11 is 0. The molecule has 5 rings (SSSR count). The molecule has 2 aliphatic heterocycles. The second-order valence-corrected chi connectivity index (χ2v) is 8.68. The van der Waals surface area contributed by atoms with Crippen LogP contribution < -0.4 is 5.73 Å². The number of ether oxygens (including phenoxy) is 1. The molecule has 1 saturated heterocycles. The standard InChI is InChI=1S/C25H26FN5O2/c1-3-19(32)31-12-10-25(11-13-31)9-8-17(14-33-25)22-20(16-4-6-18(26)7-5-16)21-23(27)28-15-29-24(21)30(22)2/h3-8,15H,1,9-14H2,2H3,(H2,27,28,29). The van der Waals surface area contributed by atoms with Gasteiger partial charge < -0.3 is 19.9 Å². The summed E-state index contributed by atoms with van der Waals surface area (Å²) in [5.74, 6) is 0.0532. The second kappa shape index (κ2) is 8.12. The molecule has 0 bridgehead atoms. The highest BCUT2D eigenvalue weighted by Crippen LogP contribution is 2.43. The number of likely N-dealkylation sites (tertiary alicyclic amines) is 1. The SMILES string of the molecule is C=CC(=O)N1CCC2(CC=C(c3c(-c4ccc(F)cc4)c4c(N)ncnc4n3C)CO2)CC1. The minimum atomic E-state index is -0.298. The maximum absolute atomic E-state index is 13.6. The number of nitrogen functional groups attached to an aromatic ring is 1. The van der Waals surface area contributed by atoms with Crippen LogP contribution in [0.15, 0.2) is 49.3 Å². The molecule has 1 amide bonds. The molecule has 8 heteroatoms. The molecular weight excluding hydrogens is 421 g/mol. The van der Waals surface area contributed by atoms with E-state index in [0.29, 0.717) is 31.2 Å². The molecule has 1 aromatic carbocycles. The first-order valence-electron chi connectivity index (χ1n) is 11.0. The largest absolute Gasteiger partial charge is 0.383 e. The van der Waals surface area contributed by atoms with E-state index in [1.807, 2.05) is 16.5 Å². The summed E-state index contributed by atoms with van der Waals surface area (Å²) in [7, 11) is 1.95. The van der Waals surface area contributed by atoms with Crippen molar-refractivity contribution in [3.05, 3.63) is 60.8 Å². The molecule has 0 radical (unpaired) electrons. The lowest BCUT2D eigenvalue weighted by molar-refractivity contribution is -0.132. The summed E-state index contributed by atoms with van der Waals surface area (Å²) in [5, 5.41) is 0.749. The van der Waals surface area contributed by atoms with Crippen molar-refractivity contribution in [1.82, 2.24) is 19.4 Å². The molecule has 2 aliphatic rings. The van der Waals surface area contributed by atoms with Gasteiger partial charge in [0.1, 0.15) is 23.6 Å². The van der Waals surface area contributed by atoms with E-state index in [2.05, 4.69) is 22.6 Å². The van der Waals surface area contributed by atoms with Gasteiger partial charge in [-0.05, 0) is 48.6 Å². The zero-order valence-electron chi connectivity index (χ0n) is 18.6. The minimum absolute atomic E-state index is 0.0324. The number of fused-ring (bicyclic) bond motifs is 1. The van der Waals surface area contributed by atoms with Crippen LogP contribution >= 0.6 is 0 Å². The van der Waals surface area contributed by atoms with Gasteiger partial charge >= 0.3 is 0 Å². The number of aromatic nitrogens is 3. The molecular formula is C25H26FN5O2. The first-order chi connectivity index (χ1) is 15.9. The Labute approximate surface area is 191 Å². The Kier molecular flexibility index (Phi) is 5.25. The number of aryl methyl sites for hydroxylation is 1. The average molecular weight is 448 g/mol. The van der Waals surface area contributed by atoms with Gasteiger partial charge in [0.15, 0.2) is 0 Å². The van der Waals surface area contributed by atoms with Crippen LogP contribution in [-0.4, -0.2) is 50.6 Å². The monoisotopic (exact) mass is 447 g/mol. The van der Waals surface area contributed by atoms with Crippen molar-refractivity contribution >= 4 is 28.3 Å². The van der Waals surface area contributed by atoms with Crippen LogP contribution in [0.25, 0.3) is 27.7 Å². The molecule has 2 N–H and O–H groups in total. The van der Waals surface area contributed by atoms with E-state index in [1.54, 1.807) is 12.1 Å². The normalized spacial score (nSPS) is 17.9. The number of nitrogens with two attached hydrogens (primary N) is 1. The Bertz CT molecular complexity index is 1270. The Balaban J connectivity index is 1.53. The average Bonchev–Trinajstić information content (AvgIpc) is 3.14. The van der Waals surface area contributed by atoms with E-state index in [-0.39, 0.29) is 17.3 Å². The van der Waals surface area contributed by atoms with E-state index >= 15 is 0 Å². The van der Waals surface area contributed by atoms with E-state index < -0.39 is 0 Å². The highest BCUT2D eigenvalue weighted by atomic mass is 19.1. The van der Waals surface area contributed by atoms with Crippen molar-refractivity contribution < 1.29 is 13.9 Å². The molecule has 7 nitrogen and oxygen atoms in total. The third-order valence-electron chi connectivity index (χ3n) is 6.85. The van der Waals surface area contributed by atoms with Crippen LogP contribution in [-0.2, 0) is 16.6 Å². The number of carbonyl (C=O) groups is 1. The Morgan fingerprint density at radius 1 is 1.24 bits per heavy atom. The summed E-state index contributed by atoms with van der Waals surface area (Å²) in [5.41, 5.74) is 10.4. The third-order valence-corrected chi connectivity index (χ3v) is 6.85. The molecule has 0 saturated carbocycles. The van der Waals surface area contributed by atoms with Crippen molar-refractivity contribution in [2.24, 2.45) is 7.05 Å². The fourth-order valence-electron chi connectivity index (χ4n) is 4.98. The Hall–Kier alpha value is -3.52. The van der Waals surface area contributed by atoms with Crippen LogP contribution in [0.3, 0.4) is 0 Å². The van der Waals surface area contributed by atoms with E-state index in [9.17, 15) is 9.18 Å². The number of halogens is 1. The number of benzene rings is 1. The zero-order chi connectivity index (χ0) is 23.2. The molecule has 0 atom stereocenters. The van der Waals surface area contributed by atoms with Crippen molar-refractivity contribution in [3.8, 4) is 11.1 Å². The van der Waals surface area contributed by atoms with Gasteiger partial charge in [0, 0.05) is 25.7 Å². The number of hydrogen-bond donors (Lipinski definition) is 1. The number of amides is 1. The van der Waals surface area contributed by atoms with Crippen molar-refractivity contribution in [1.29, 1.82) is 0 Å². The summed E-state index contributed by atoms with van der Waals surface area (Å²) in [6, 6.07) is 6.38. The maximum atomic E-state index is 13.6. The van der Waals surface area contributed by atoms with Crippen LogP contribution in [0.4, 0.5) is 10.2 Å². The molecule has 1 fully saturated rings. The van der Waals surface area contributed by atoms with E-state index in [1.165, 1.54) is 24.5 Å². The van der Waals surface area contributed by atoms with E-state index in [4.69, 9.17) is 10.5 Å².